The fraction of sp³-hybridized carbons (Fsp3) is 0.750. The van der Waals surface area contributed by atoms with E-state index in [-0.39, 0.29) is 0 Å². The Kier molecular flexibility index (Phi) is 2.49. The number of rotatable bonds is 1. The molecule has 1 aromatic rings. The van der Waals surface area contributed by atoms with Gasteiger partial charge < -0.3 is 9.84 Å². The lowest BCUT2D eigenvalue weighted by Crippen LogP contribution is -2.23. The van der Waals surface area contributed by atoms with Crippen LogP contribution in [0.4, 0.5) is 0 Å². The average Bonchev–Trinajstić information content (AvgIpc) is 2.84. The highest BCUT2D eigenvalue weighted by atomic mass is 16.5. The Morgan fingerprint density at radius 1 is 1.27 bits per heavy atom. The van der Waals surface area contributed by atoms with E-state index >= 15 is 0 Å². The molecule has 3 heteroatoms. The minimum atomic E-state index is 0.709. The number of hydrogen-bond acceptors (Lipinski definition) is 3. The molecule has 1 saturated heterocycles. The third-order valence-electron chi connectivity index (χ3n) is 4.09. The Morgan fingerprint density at radius 2 is 2.20 bits per heavy atom. The number of nitrogens with one attached hydrogen (secondary N) is 1. The molecule has 3 rings (SSSR count). The highest BCUT2D eigenvalue weighted by molar-refractivity contribution is 5.13. The summed E-state index contributed by atoms with van der Waals surface area (Å²) in [4.78, 5) is 0. The highest BCUT2D eigenvalue weighted by Gasteiger charge is 2.36. The maximum Gasteiger partial charge on any atom is 0.127 e. The van der Waals surface area contributed by atoms with Gasteiger partial charge in [-0.25, -0.2) is 0 Å². The molecule has 1 aromatic heterocycles. The molecule has 2 heterocycles. The van der Waals surface area contributed by atoms with Crippen LogP contribution in [0.25, 0.3) is 0 Å². The number of nitrogens with zero attached hydrogens (tertiary/aromatic N) is 1. The van der Waals surface area contributed by atoms with Crippen LogP contribution in [0.2, 0.25) is 0 Å². The maximum atomic E-state index is 4.97. The van der Waals surface area contributed by atoms with Crippen LogP contribution in [0.1, 0.15) is 37.2 Å². The predicted octanol–water partition coefficient (Wildman–Crippen LogP) is 2.17. The summed E-state index contributed by atoms with van der Waals surface area (Å²) < 4.78 is 4.97. The topological polar surface area (TPSA) is 38.1 Å². The van der Waals surface area contributed by atoms with Crippen molar-refractivity contribution in [1.29, 1.82) is 0 Å². The van der Waals surface area contributed by atoms with Gasteiger partial charge in [-0.2, -0.15) is 0 Å². The zero-order chi connectivity index (χ0) is 10.1. The Morgan fingerprint density at radius 3 is 3.07 bits per heavy atom. The SMILES string of the molecule is c1nocc1C1CC2CCNCCC1C2. The van der Waals surface area contributed by atoms with Gasteiger partial charge in [0.25, 0.3) is 0 Å². The van der Waals surface area contributed by atoms with E-state index < -0.39 is 0 Å². The quantitative estimate of drug-likeness (QED) is 0.765. The van der Waals surface area contributed by atoms with E-state index in [0.29, 0.717) is 5.92 Å². The molecular weight excluding hydrogens is 188 g/mol. The van der Waals surface area contributed by atoms with Gasteiger partial charge in [-0.3, -0.25) is 0 Å². The second kappa shape index (κ2) is 3.97. The number of aromatic nitrogens is 1. The van der Waals surface area contributed by atoms with Gasteiger partial charge in [0.05, 0.1) is 6.20 Å². The first-order chi connectivity index (χ1) is 7.43. The van der Waals surface area contributed by atoms with E-state index in [1.165, 1.54) is 44.3 Å². The van der Waals surface area contributed by atoms with Crippen molar-refractivity contribution in [3.63, 3.8) is 0 Å². The first-order valence-corrected chi connectivity index (χ1v) is 6.03. The van der Waals surface area contributed by atoms with Crippen LogP contribution in [-0.4, -0.2) is 18.2 Å². The summed E-state index contributed by atoms with van der Waals surface area (Å²) in [7, 11) is 0. The van der Waals surface area contributed by atoms with Crippen molar-refractivity contribution < 1.29 is 4.52 Å². The van der Waals surface area contributed by atoms with E-state index in [2.05, 4.69) is 10.5 Å². The molecule has 3 unspecified atom stereocenters. The van der Waals surface area contributed by atoms with Crippen molar-refractivity contribution in [2.75, 3.05) is 13.1 Å². The molecule has 0 aromatic carbocycles. The summed E-state index contributed by atoms with van der Waals surface area (Å²) in [6, 6.07) is 0. The van der Waals surface area contributed by atoms with Gasteiger partial charge in [-0.1, -0.05) is 5.16 Å². The lowest BCUT2D eigenvalue weighted by Gasteiger charge is -2.19. The molecular formula is C12H18N2O. The fourth-order valence-electron chi connectivity index (χ4n) is 3.32. The van der Waals surface area contributed by atoms with Crippen LogP contribution in [-0.2, 0) is 0 Å². The van der Waals surface area contributed by atoms with Crippen LogP contribution < -0.4 is 5.32 Å². The van der Waals surface area contributed by atoms with Crippen molar-refractivity contribution in [1.82, 2.24) is 10.5 Å². The molecule has 1 N–H and O–H groups in total. The molecule has 1 aliphatic carbocycles. The van der Waals surface area contributed by atoms with Crippen LogP contribution in [0, 0.1) is 11.8 Å². The van der Waals surface area contributed by atoms with Crippen LogP contribution in [0.5, 0.6) is 0 Å². The molecule has 1 aliphatic heterocycles. The summed E-state index contributed by atoms with van der Waals surface area (Å²) in [6.45, 7) is 2.38. The summed E-state index contributed by atoms with van der Waals surface area (Å²) in [5.74, 6) is 2.48. The van der Waals surface area contributed by atoms with Crippen LogP contribution in [0.3, 0.4) is 0 Å². The lowest BCUT2D eigenvalue weighted by atomic mass is 9.88. The van der Waals surface area contributed by atoms with Crippen molar-refractivity contribution in [3.8, 4) is 0 Å². The van der Waals surface area contributed by atoms with Gasteiger partial charge in [0, 0.05) is 5.56 Å². The minimum Gasteiger partial charge on any atom is -0.364 e. The van der Waals surface area contributed by atoms with Crippen LogP contribution >= 0.6 is 0 Å². The second-order valence-corrected chi connectivity index (χ2v) is 4.99. The molecule has 1 saturated carbocycles. The monoisotopic (exact) mass is 206 g/mol. The first kappa shape index (κ1) is 9.40. The molecule has 2 fully saturated rings. The Hall–Kier alpha value is -0.830. The van der Waals surface area contributed by atoms with Gasteiger partial charge >= 0.3 is 0 Å². The van der Waals surface area contributed by atoms with Gasteiger partial charge in [0.1, 0.15) is 6.26 Å². The summed E-state index contributed by atoms with van der Waals surface area (Å²) >= 11 is 0. The third kappa shape index (κ3) is 1.81. The van der Waals surface area contributed by atoms with Crippen molar-refractivity contribution >= 4 is 0 Å². The Balaban J connectivity index is 1.79. The highest BCUT2D eigenvalue weighted by Crippen LogP contribution is 2.46. The third-order valence-corrected chi connectivity index (χ3v) is 4.09. The normalized spacial score (nSPS) is 36.1. The molecule has 82 valence electrons. The van der Waals surface area contributed by atoms with E-state index in [1.54, 1.807) is 0 Å². The zero-order valence-electron chi connectivity index (χ0n) is 8.98. The van der Waals surface area contributed by atoms with Crippen molar-refractivity contribution in [2.24, 2.45) is 11.8 Å². The smallest absolute Gasteiger partial charge is 0.127 e. The summed E-state index contributed by atoms with van der Waals surface area (Å²) in [5, 5.41) is 7.35. The first-order valence-electron chi connectivity index (χ1n) is 6.03. The van der Waals surface area contributed by atoms with E-state index in [1.807, 2.05) is 12.5 Å². The molecule has 2 bridgehead atoms. The lowest BCUT2D eigenvalue weighted by molar-refractivity contribution is 0.384. The largest absolute Gasteiger partial charge is 0.364 e. The van der Waals surface area contributed by atoms with E-state index in [0.717, 1.165) is 11.8 Å². The second-order valence-electron chi connectivity index (χ2n) is 4.99. The van der Waals surface area contributed by atoms with Crippen molar-refractivity contribution in [3.05, 3.63) is 18.0 Å². The van der Waals surface area contributed by atoms with Gasteiger partial charge in [-0.05, 0) is 56.5 Å². The Bertz CT molecular complexity index is 309. The predicted molar refractivity (Wildman–Crippen MR) is 57.6 cm³/mol. The van der Waals surface area contributed by atoms with Gasteiger partial charge in [0.2, 0.25) is 0 Å². The summed E-state index contributed by atoms with van der Waals surface area (Å²) in [5.41, 5.74) is 1.32. The molecule has 2 aliphatic rings. The maximum absolute atomic E-state index is 4.97. The van der Waals surface area contributed by atoms with E-state index in [4.69, 9.17) is 4.52 Å². The molecule has 0 amide bonds. The van der Waals surface area contributed by atoms with Gasteiger partial charge in [-0.15, -0.1) is 0 Å². The van der Waals surface area contributed by atoms with E-state index in [9.17, 15) is 0 Å². The van der Waals surface area contributed by atoms with Crippen LogP contribution in [0.15, 0.2) is 17.0 Å². The zero-order valence-corrected chi connectivity index (χ0v) is 8.98. The molecule has 15 heavy (non-hydrogen) atoms. The minimum absolute atomic E-state index is 0.709. The Labute approximate surface area is 90.2 Å². The molecule has 3 nitrogen and oxygen atoms in total. The fourth-order valence-corrected chi connectivity index (χ4v) is 3.32. The molecule has 0 radical (unpaired) electrons. The number of fused-ring (bicyclic) bond motifs is 2. The number of hydrogen-bond donors (Lipinski definition) is 1. The molecule has 0 spiro atoms. The van der Waals surface area contributed by atoms with Crippen molar-refractivity contribution in [2.45, 2.75) is 31.6 Å². The standard InChI is InChI=1S/C12H18N2O/c1-3-13-4-2-10-5-9(1)6-12(10)11-7-14-15-8-11/h7-10,12-13H,1-6H2. The average molecular weight is 206 g/mol. The molecule has 3 atom stereocenters. The summed E-state index contributed by atoms with van der Waals surface area (Å²) in [6.07, 6.45) is 9.16. The van der Waals surface area contributed by atoms with Gasteiger partial charge in [0.15, 0.2) is 0 Å².